The Bertz CT molecular complexity index is 446. The van der Waals surface area contributed by atoms with Gasteiger partial charge >= 0.3 is 12.1 Å². The fraction of sp³-hybridized carbons (Fsp3) is 0.688. The van der Waals surface area contributed by atoms with Crippen LogP contribution in [0.15, 0.2) is 17.4 Å². The quantitative estimate of drug-likeness (QED) is 0.642. The van der Waals surface area contributed by atoms with E-state index in [2.05, 4.69) is 11.0 Å². The molecule has 1 N–H and O–H groups in total. The second-order valence-electron chi connectivity index (χ2n) is 6.70. The predicted molar refractivity (Wildman–Crippen MR) is 81.9 cm³/mol. The lowest BCUT2D eigenvalue weighted by atomic mass is 9.82. The molecule has 0 bridgehead atoms. The Labute approximate surface area is 127 Å². The zero-order chi connectivity index (χ0) is 16.8. The first-order valence-electron chi connectivity index (χ1n) is 6.91. The van der Waals surface area contributed by atoms with Gasteiger partial charge in [-0.1, -0.05) is 20.8 Å². The van der Waals surface area contributed by atoms with Crippen LogP contribution in [-0.2, 0) is 14.3 Å². The van der Waals surface area contributed by atoms with Crippen molar-refractivity contribution < 1.29 is 19.1 Å². The standard InChI is InChI=1S/C16H27NO4/c1-9-10-11(15(2,3)4)12(13(18)20-8)17-14(19)21-16(5,6)7/h9,12H,1-8H3,(H,17,19)/t10?,12-/m1/s1. The Morgan fingerprint density at radius 1 is 1.14 bits per heavy atom. The molecule has 0 aromatic carbocycles. The molecule has 0 heterocycles. The molecule has 0 rings (SSSR count). The zero-order valence-electron chi connectivity index (χ0n) is 14.3. The third-order valence-corrected chi connectivity index (χ3v) is 2.49. The van der Waals surface area contributed by atoms with Gasteiger partial charge in [0.1, 0.15) is 5.60 Å². The summed E-state index contributed by atoms with van der Waals surface area (Å²) < 4.78 is 9.98. The smallest absolute Gasteiger partial charge is 0.408 e. The van der Waals surface area contributed by atoms with Crippen LogP contribution in [0.25, 0.3) is 0 Å². The van der Waals surface area contributed by atoms with Crippen LogP contribution in [0.2, 0.25) is 0 Å². The van der Waals surface area contributed by atoms with Gasteiger partial charge in [-0.3, -0.25) is 0 Å². The normalized spacial score (nSPS) is 12.8. The third-order valence-electron chi connectivity index (χ3n) is 2.49. The van der Waals surface area contributed by atoms with E-state index in [1.54, 1.807) is 33.8 Å². The minimum atomic E-state index is -0.930. The molecule has 0 radical (unpaired) electrons. The van der Waals surface area contributed by atoms with E-state index in [-0.39, 0.29) is 5.41 Å². The lowest BCUT2D eigenvalue weighted by Crippen LogP contribution is -2.47. The van der Waals surface area contributed by atoms with E-state index in [1.807, 2.05) is 20.8 Å². The van der Waals surface area contributed by atoms with Crippen molar-refractivity contribution in [3.8, 4) is 0 Å². The van der Waals surface area contributed by atoms with E-state index in [1.165, 1.54) is 7.11 Å². The van der Waals surface area contributed by atoms with Crippen LogP contribution >= 0.6 is 0 Å². The molecule has 0 fully saturated rings. The molecule has 0 aliphatic carbocycles. The molecule has 0 aliphatic heterocycles. The predicted octanol–water partition coefficient (Wildman–Crippen LogP) is 3.20. The molecule has 120 valence electrons. The highest BCUT2D eigenvalue weighted by Crippen LogP contribution is 2.28. The molecule has 0 unspecified atom stereocenters. The summed E-state index contributed by atoms with van der Waals surface area (Å²) in [6.45, 7) is 12.9. The molecule has 1 amide bonds. The third kappa shape index (κ3) is 7.00. The average molecular weight is 297 g/mol. The topological polar surface area (TPSA) is 64.6 Å². The number of rotatable bonds is 3. The van der Waals surface area contributed by atoms with Crippen LogP contribution in [0, 0.1) is 5.41 Å². The molecule has 0 aromatic heterocycles. The van der Waals surface area contributed by atoms with Crippen LogP contribution in [-0.4, -0.2) is 30.8 Å². The number of esters is 1. The van der Waals surface area contributed by atoms with Gasteiger partial charge in [0.05, 0.1) is 7.11 Å². The molecule has 0 aliphatic rings. The molecular weight excluding hydrogens is 270 g/mol. The minimum Gasteiger partial charge on any atom is -0.467 e. The van der Waals surface area contributed by atoms with Crippen molar-refractivity contribution in [1.29, 1.82) is 0 Å². The highest BCUT2D eigenvalue weighted by molar-refractivity contribution is 5.84. The first-order valence-corrected chi connectivity index (χ1v) is 6.91. The van der Waals surface area contributed by atoms with Gasteiger partial charge < -0.3 is 14.8 Å². The summed E-state index contributed by atoms with van der Waals surface area (Å²) in [7, 11) is 1.28. The number of hydrogen-bond acceptors (Lipinski definition) is 4. The molecule has 0 spiro atoms. The van der Waals surface area contributed by atoms with Gasteiger partial charge in [0.15, 0.2) is 6.04 Å². The van der Waals surface area contributed by atoms with Gasteiger partial charge in [0, 0.05) is 5.57 Å². The van der Waals surface area contributed by atoms with Crippen molar-refractivity contribution in [3.63, 3.8) is 0 Å². The molecule has 0 saturated heterocycles. The number of ether oxygens (including phenoxy) is 2. The summed E-state index contributed by atoms with van der Waals surface area (Å²) in [5.74, 6) is -0.555. The van der Waals surface area contributed by atoms with Crippen LogP contribution in [0.1, 0.15) is 48.5 Å². The number of alkyl carbamates (subject to hydrolysis) is 1. The van der Waals surface area contributed by atoms with Gasteiger partial charge in [-0.25, -0.2) is 9.59 Å². The summed E-state index contributed by atoms with van der Waals surface area (Å²) in [6.07, 6.45) is 1.03. The molecule has 5 nitrogen and oxygen atoms in total. The molecule has 21 heavy (non-hydrogen) atoms. The second kappa shape index (κ2) is 7.32. The summed E-state index contributed by atoms with van der Waals surface area (Å²) in [5, 5.41) is 2.56. The van der Waals surface area contributed by atoms with Crippen molar-refractivity contribution in [1.82, 2.24) is 5.32 Å². The molecule has 1 atom stereocenters. The first-order chi connectivity index (χ1) is 9.42. The van der Waals surface area contributed by atoms with E-state index in [0.717, 1.165) is 0 Å². The van der Waals surface area contributed by atoms with Gasteiger partial charge in [-0.15, -0.1) is 5.73 Å². The maximum absolute atomic E-state index is 12.0. The first kappa shape index (κ1) is 19.3. The number of nitrogens with one attached hydrogen (secondary N) is 1. The van der Waals surface area contributed by atoms with Crippen molar-refractivity contribution in [3.05, 3.63) is 17.4 Å². The lowest BCUT2D eigenvalue weighted by Gasteiger charge is -2.29. The summed E-state index contributed by atoms with van der Waals surface area (Å²) in [5.41, 5.74) is 2.65. The monoisotopic (exact) mass is 297 g/mol. The second-order valence-corrected chi connectivity index (χ2v) is 6.70. The minimum absolute atomic E-state index is 0.361. The van der Waals surface area contributed by atoms with E-state index in [9.17, 15) is 9.59 Å². The van der Waals surface area contributed by atoms with Crippen LogP contribution in [0.5, 0.6) is 0 Å². The fourth-order valence-corrected chi connectivity index (χ4v) is 1.68. The van der Waals surface area contributed by atoms with E-state index >= 15 is 0 Å². The SMILES string of the molecule is CC=C=C([C@@H](NC(=O)OC(C)(C)C)C(=O)OC)C(C)(C)C. The zero-order valence-corrected chi connectivity index (χ0v) is 14.3. The highest BCUT2D eigenvalue weighted by atomic mass is 16.6. The molecule has 0 aromatic rings. The van der Waals surface area contributed by atoms with E-state index in [0.29, 0.717) is 5.57 Å². The van der Waals surface area contributed by atoms with Crippen LogP contribution in [0.3, 0.4) is 0 Å². The van der Waals surface area contributed by atoms with Crippen LogP contribution < -0.4 is 5.32 Å². The number of methoxy groups -OCH3 is 1. The van der Waals surface area contributed by atoms with Gasteiger partial charge in [-0.2, -0.15) is 0 Å². The van der Waals surface area contributed by atoms with E-state index < -0.39 is 23.7 Å². The van der Waals surface area contributed by atoms with Gasteiger partial charge in [0.25, 0.3) is 0 Å². The Balaban J connectivity index is 5.46. The number of carbonyl (C=O) groups excluding carboxylic acids is 2. The summed E-state index contributed by atoms with van der Waals surface area (Å²) in [4.78, 5) is 23.9. The Morgan fingerprint density at radius 3 is 2.00 bits per heavy atom. The van der Waals surface area contributed by atoms with Crippen molar-refractivity contribution in [2.45, 2.75) is 60.1 Å². The van der Waals surface area contributed by atoms with Crippen molar-refractivity contribution in [2.75, 3.05) is 7.11 Å². The van der Waals surface area contributed by atoms with Crippen molar-refractivity contribution >= 4 is 12.1 Å². The molecule has 0 saturated carbocycles. The van der Waals surface area contributed by atoms with E-state index in [4.69, 9.17) is 9.47 Å². The van der Waals surface area contributed by atoms with Gasteiger partial charge in [-0.05, 0) is 39.2 Å². The fourth-order valence-electron chi connectivity index (χ4n) is 1.68. The maximum Gasteiger partial charge on any atom is 0.408 e. The van der Waals surface area contributed by atoms with Crippen molar-refractivity contribution in [2.24, 2.45) is 5.41 Å². The Kier molecular flexibility index (Phi) is 6.71. The van der Waals surface area contributed by atoms with Crippen LogP contribution in [0.4, 0.5) is 4.79 Å². The number of hydrogen-bond donors (Lipinski definition) is 1. The molecule has 5 heteroatoms. The summed E-state index contributed by atoms with van der Waals surface area (Å²) >= 11 is 0. The maximum atomic E-state index is 12.0. The number of carbonyl (C=O) groups is 2. The Morgan fingerprint density at radius 2 is 1.67 bits per heavy atom. The molecular formula is C16H27NO4. The lowest BCUT2D eigenvalue weighted by molar-refractivity contribution is -0.142. The van der Waals surface area contributed by atoms with Gasteiger partial charge in [0.2, 0.25) is 0 Å². The Hall–Kier alpha value is -1.74. The average Bonchev–Trinajstić information content (AvgIpc) is 2.28. The largest absolute Gasteiger partial charge is 0.467 e. The highest BCUT2D eigenvalue weighted by Gasteiger charge is 2.34. The summed E-state index contributed by atoms with van der Waals surface area (Å²) in [6, 6.07) is -0.930. The number of amides is 1.